The van der Waals surface area contributed by atoms with Gasteiger partial charge in [0.05, 0.1) is 10.7 Å². The van der Waals surface area contributed by atoms with Crippen LogP contribution in [0, 0.1) is 5.82 Å². The molecule has 0 radical (unpaired) electrons. The molecule has 0 heterocycles. The second-order valence-corrected chi connectivity index (χ2v) is 4.99. The lowest BCUT2D eigenvalue weighted by molar-refractivity contribution is 0.1000. The Morgan fingerprint density at radius 1 is 1.20 bits per heavy atom. The number of hydrogen-bond donors (Lipinski definition) is 2. The lowest BCUT2D eigenvalue weighted by Gasteiger charge is -2.10. The van der Waals surface area contributed by atoms with Crippen LogP contribution in [0.4, 0.5) is 10.1 Å². The molecular weight excluding hydrogens is 302 g/mol. The Bertz CT molecular complexity index is 662. The second-order valence-electron chi connectivity index (χ2n) is 4.15. The molecule has 0 saturated heterocycles. The number of rotatable bonds is 4. The van der Waals surface area contributed by atoms with Gasteiger partial charge in [-0.25, -0.2) is 4.39 Å². The number of primary amides is 1. The van der Waals surface area contributed by atoms with Crippen molar-refractivity contribution in [2.45, 2.75) is 6.54 Å². The normalized spacial score (nSPS) is 10.3. The molecule has 20 heavy (non-hydrogen) atoms. The molecule has 1 amide bonds. The van der Waals surface area contributed by atoms with Gasteiger partial charge in [-0.2, -0.15) is 0 Å². The molecule has 0 fully saturated rings. The highest BCUT2D eigenvalue weighted by Crippen LogP contribution is 2.26. The third kappa shape index (κ3) is 3.40. The number of amides is 1. The summed E-state index contributed by atoms with van der Waals surface area (Å²) in [5, 5.41) is 3.96. The minimum Gasteiger partial charge on any atom is -0.380 e. The number of nitrogens with one attached hydrogen (secondary N) is 1. The van der Waals surface area contributed by atoms with Crippen LogP contribution in [0.25, 0.3) is 0 Å². The van der Waals surface area contributed by atoms with E-state index in [1.165, 1.54) is 18.2 Å². The fraction of sp³-hybridized carbons (Fsp3) is 0.0714. The zero-order chi connectivity index (χ0) is 14.7. The highest BCUT2D eigenvalue weighted by atomic mass is 35.5. The molecule has 0 unspecified atom stereocenters. The molecule has 0 aliphatic rings. The number of carbonyl (C=O) groups is 1. The third-order valence-electron chi connectivity index (χ3n) is 2.73. The van der Waals surface area contributed by atoms with E-state index in [1.807, 2.05) is 0 Å². The van der Waals surface area contributed by atoms with Gasteiger partial charge in [-0.3, -0.25) is 4.79 Å². The molecule has 3 nitrogen and oxygen atoms in total. The van der Waals surface area contributed by atoms with Gasteiger partial charge in [0.2, 0.25) is 5.91 Å². The summed E-state index contributed by atoms with van der Waals surface area (Å²) in [4.78, 5) is 11.1. The van der Waals surface area contributed by atoms with Gasteiger partial charge in [0.25, 0.3) is 0 Å². The maximum Gasteiger partial charge on any atom is 0.248 e. The minimum atomic E-state index is -0.605. The zero-order valence-electron chi connectivity index (χ0n) is 10.3. The number of anilines is 1. The Labute approximate surface area is 125 Å². The Morgan fingerprint density at radius 2 is 1.95 bits per heavy atom. The first kappa shape index (κ1) is 14.6. The predicted molar refractivity (Wildman–Crippen MR) is 78.7 cm³/mol. The lowest BCUT2D eigenvalue weighted by Crippen LogP contribution is -2.12. The summed E-state index contributed by atoms with van der Waals surface area (Å²) in [5.41, 5.74) is 6.32. The Balaban J connectivity index is 2.20. The number of hydrogen-bond acceptors (Lipinski definition) is 2. The summed E-state index contributed by atoms with van der Waals surface area (Å²) in [6.45, 7) is 0.160. The quantitative estimate of drug-likeness (QED) is 0.901. The fourth-order valence-corrected chi connectivity index (χ4v) is 2.04. The molecule has 0 atom stereocenters. The van der Waals surface area contributed by atoms with Gasteiger partial charge in [-0.05, 0) is 36.4 Å². The zero-order valence-corrected chi connectivity index (χ0v) is 11.8. The Hall–Kier alpha value is -1.78. The standard InChI is InChI=1S/C14H11Cl2FN2O/c15-10-2-3-11(16)13(6-10)19-7-9-5-8(14(18)20)1-4-12(9)17/h1-6,19H,7H2,(H2,18,20). The van der Waals surface area contributed by atoms with Crippen LogP contribution in [-0.4, -0.2) is 5.91 Å². The Morgan fingerprint density at radius 3 is 2.65 bits per heavy atom. The molecule has 0 bridgehead atoms. The lowest BCUT2D eigenvalue weighted by atomic mass is 10.1. The third-order valence-corrected chi connectivity index (χ3v) is 3.29. The van der Waals surface area contributed by atoms with Gasteiger partial charge in [-0.15, -0.1) is 0 Å². The molecule has 0 aliphatic carbocycles. The molecule has 0 aliphatic heterocycles. The van der Waals surface area contributed by atoms with Gasteiger partial charge >= 0.3 is 0 Å². The molecule has 0 spiro atoms. The van der Waals surface area contributed by atoms with Crippen LogP contribution >= 0.6 is 23.2 Å². The molecule has 2 rings (SSSR count). The van der Waals surface area contributed by atoms with Crippen LogP contribution in [0.3, 0.4) is 0 Å². The van der Waals surface area contributed by atoms with Gasteiger partial charge in [0, 0.05) is 22.7 Å². The molecule has 6 heteroatoms. The van der Waals surface area contributed by atoms with Crippen molar-refractivity contribution >= 4 is 34.8 Å². The largest absolute Gasteiger partial charge is 0.380 e. The summed E-state index contributed by atoms with van der Waals surface area (Å²) in [5.74, 6) is -1.03. The number of halogens is 3. The van der Waals surface area contributed by atoms with Crippen molar-refractivity contribution in [2.75, 3.05) is 5.32 Å². The fourth-order valence-electron chi connectivity index (χ4n) is 1.69. The van der Waals surface area contributed by atoms with Crippen LogP contribution in [0.2, 0.25) is 10.0 Å². The van der Waals surface area contributed by atoms with E-state index < -0.39 is 11.7 Å². The summed E-state index contributed by atoms with van der Waals surface area (Å²) >= 11 is 11.9. The van der Waals surface area contributed by atoms with Crippen LogP contribution in [0.1, 0.15) is 15.9 Å². The predicted octanol–water partition coefficient (Wildman–Crippen LogP) is 3.84. The first-order valence-electron chi connectivity index (χ1n) is 5.74. The smallest absolute Gasteiger partial charge is 0.248 e. The van der Waals surface area contributed by atoms with Crippen molar-refractivity contribution in [2.24, 2.45) is 5.73 Å². The van der Waals surface area contributed by atoms with Gasteiger partial charge in [-0.1, -0.05) is 23.2 Å². The van der Waals surface area contributed by atoms with Gasteiger partial charge in [0.15, 0.2) is 0 Å². The number of carbonyl (C=O) groups excluding carboxylic acids is 1. The maximum atomic E-state index is 13.7. The van der Waals surface area contributed by atoms with Crippen molar-refractivity contribution in [3.05, 3.63) is 63.4 Å². The van der Waals surface area contributed by atoms with Crippen LogP contribution in [0.15, 0.2) is 36.4 Å². The first-order chi connectivity index (χ1) is 9.47. The number of nitrogens with two attached hydrogens (primary N) is 1. The molecule has 2 aromatic carbocycles. The van der Waals surface area contributed by atoms with Crippen LogP contribution in [-0.2, 0) is 6.54 Å². The highest BCUT2D eigenvalue weighted by molar-refractivity contribution is 6.35. The molecule has 3 N–H and O–H groups in total. The van der Waals surface area contributed by atoms with Gasteiger partial charge < -0.3 is 11.1 Å². The van der Waals surface area contributed by atoms with E-state index in [4.69, 9.17) is 28.9 Å². The summed E-state index contributed by atoms with van der Waals surface area (Å²) in [6.07, 6.45) is 0. The van der Waals surface area contributed by atoms with Crippen LogP contribution < -0.4 is 11.1 Å². The highest BCUT2D eigenvalue weighted by Gasteiger charge is 2.08. The SMILES string of the molecule is NC(=O)c1ccc(F)c(CNc2cc(Cl)ccc2Cl)c1. The molecular formula is C14H11Cl2FN2O. The second kappa shape index (κ2) is 6.11. The van der Waals surface area contributed by atoms with E-state index in [1.54, 1.807) is 18.2 Å². The molecule has 0 aromatic heterocycles. The van der Waals surface area contributed by atoms with Crippen molar-refractivity contribution < 1.29 is 9.18 Å². The average molecular weight is 313 g/mol. The van der Waals surface area contributed by atoms with Crippen molar-refractivity contribution in [3.8, 4) is 0 Å². The number of benzene rings is 2. The van der Waals surface area contributed by atoms with E-state index in [9.17, 15) is 9.18 Å². The van der Waals surface area contributed by atoms with Gasteiger partial charge in [0.1, 0.15) is 5.82 Å². The van der Waals surface area contributed by atoms with Crippen LogP contribution in [0.5, 0.6) is 0 Å². The Kier molecular flexibility index (Phi) is 4.47. The summed E-state index contributed by atoms with van der Waals surface area (Å²) in [6, 6.07) is 8.89. The average Bonchev–Trinajstić information content (AvgIpc) is 2.41. The molecule has 104 valence electrons. The van der Waals surface area contributed by atoms with Crippen molar-refractivity contribution in [3.63, 3.8) is 0 Å². The van der Waals surface area contributed by atoms with E-state index in [-0.39, 0.29) is 12.1 Å². The van der Waals surface area contributed by atoms with E-state index in [0.29, 0.717) is 21.3 Å². The van der Waals surface area contributed by atoms with E-state index in [2.05, 4.69) is 5.32 Å². The van der Waals surface area contributed by atoms with E-state index >= 15 is 0 Å². The topological polar surface area (TPSA) is 55.1 Å². The summed E-state index contributed by atoms with van der Waals surface area (Å²) in [7, 11) is 0. The molecule has 2 aromatic rings. The minimum absolute atomic E-state index is 0.160. The van der Waals surface area contributed by atoms with E-state index in [0.717, 1.165) is 0 Å². The molecule has 0 saturated carbocycles. The van der Waals surface area contributed by atoms with Crippen molar-refractivity contribution in [1.82, 2.24) is 0 Å². The first-order valence-corrected chi connectivity index (χ1v) is 6.50. The monoisotopic (exact) mass is 312 g/mol. The van der Waals surface area contributed by atoms with Crippen molar-refractivity contribution in [1.29, 1.82) is 0 Å². The maximum absolute atomic E-state index is 13.7. The summed E-state index contributed by atoms with van der Waals surface area (Å²) < 4.78 is 13.7.